The quantitative estimate of drug-likeness (QED) is 0.680. The van der Waals surface area contributed by atoms with E-state index in [1.165, 1.54) is 7.11 Å². The van der Waals surface area contributed by atoms with Crippen molar-refractivity contribution < 1.29 is 14.3 Å². The first-order valence-electron chi connectivity index (χ1n) is 5.26. The third-order valence-electron chi connectivity index (χ3n) is 2.30. The standard InChI is InChI=1S/C12H16N2O3/c1-17-12(16)6-9-4-2-3-5-10(9)7-14-8-11(13)15/h2-5,14H,6-8H2,1H3,(H2,13,15). The van der Waals surface area contributed by atoms with Crippen molar-refractivity contribution in [3.8, 4) is 0 Å². The first-order valence-corrected chi connectivity index (χ1v) is 5.26. The lowest BCUT2D eigenvalue weighted by Gasteiger charge is -2.08. The first-order chi connectivity index (χ1) is 8.13. The summed E-state index contributed by atoms with van der Waals surface area (Å²) in [7, 11) is 1.36. The number of rotatable bonds is 6. The highest BCUT2D eigenvalue weighted by molar-refractivity contribution is 5.76. The van der Waals surface area contributed by atoms with Crippen molar-refractivity contribution in [2.75, 3.05) is 13.7 Å². The molecule has 17 heavy (non-hydrogen) atoms. The Kier molecular flexibility index (Phi) is 5.16. The van der Waals surface area contributed by atoms with Gasteiger partial charge >= 0.3 is 5.97 Å². The van der Waals surface area contributed by atoms with Crippen molar-refractivity contribution in [2.45, 2.75) is 13.0 Å². The fraction of sp³-hybridized carbons (Fsp3) is 0.333. The number of ether oxygens (including phenoxy) is 1. The summed E-state index contributed by atoms with van der Waals surface area (Å²) in [5.74, 6) is -0.692. The zero-order valence-electron chi connectivity index (χ0n) is 9.73. The molecule has 0 saturated carbocycles. The van der Waals surface area contributed by atoms with Crippen LogP contribution in [0.25, 0.3) is 0 Å². The van der Waals surface area contributed by atoms with Gasteiger partial charge in [0.25, 0.3) is 0 Å². The van der Waals surface area contributed by atoms with Gasteiger partial charge in [-0.25, -0.2) is 0 Å². The number of hydrogen-bond acceptors (Lipinski definition) is 4. The fourth-order valence-electron chi connectivity index (χ4n) is 1.45. The van der Waals surface area contributed by atoms with E-state index in [0.717, 1.165) is 11.1 Å². The molecule has 0 fully saturated rings. The summed E-state index contributed by atoms with van der Waals surface area (Å²) in [5.41, 5.74) is 6.86. The second kappa shape index (κ2) is 6.65. The summed E-state index contributed by atoms with van der Waals surface area (Å²) in [5, 5.41) is 2.91. The van der Waals surface area contributed by atoms with Crippen LogP contribution in [0.15, 0.2) is 24.3 Å². The molecule has 3 N–H and O–H groups in total. The van der Waals surface area contributed by atoms with E-state index in [4.69, 9.17) is 5.73 Å². The number of hydrogen-bond donors (Lipinski definition) is 2. The smallest absolute Gasteiger partial charge is 0.309 e. The minimum absolute atomic E-state index is 0.118. The van der Waals surface area contributed by atoms with E-state index in [-0.39, 0.29) is 18.9 Å². The van der Waals surface area contributed by atoms with Crippen molar-refractivity contribution >= 4 is 11.9 Å². The zero-order valence-corrected chi connectivity index (χ0v) is 9.73. The van der Waals surface area contributed by atoms with Gasteiger partial charge < -0.3 is 15.8 Å². The summed E-state index contributed by atoms with van der Waals surface area (Å²) in [6.07, 6.45) is 0.227. The molecule has 5 nitrogen and oxygen atoms in total. The van der Waals surface area contributed by atoms with Crippen LogP contribution in [0.5, 0.6) is 0 Å². The molecule has 1 aromatic rings. The number of amides is 1. The average molecular weight is 236 g/mol. The summed E-state index contributed by atoms with van der Waals surface area (Å²) in [6, 6.07) is 7.49. The normalized spacial score (nSPS) is 9.94. The molecule has 0 aliphatic heterocycles. The van der Waals surface area contributed by atoms with Crippen LogP contribution < -0.4 is 11.1 Å². The Labute approximate surface area is 99.9 Å². The van der Waals surface area contributed by atoms with Gasteiger partial charge in [-0.15, -0.1) is 0 Å². The molecule has 5 heteroatoms. The van der Waals surface area contributed by atoms with Crippen LogP contribution >= 0.6 is 0 Å². The predicted molar refractivity (Wildman–Crippen MR) is 63.1 cm³/mol. The van der Waals surface area contributed by atoms with Gasteiger partial charge in [0.05, 0.1) is 20.1 Å². The Bertz CT molecular complexity index is 404. The SMILES string of the molecule is COC(=O)Cc1ccccc1CNCC(N)=O. The van der Waals surface area contributed by atoms with Crippen molar-refractivity contribution in [2.24, 2.45) is 5.73 Å². The van der Waals surface area contributed by atoms with Gasteiger partial charge in [0.15, 0.2) is 0 Å². The summed E-state index contributed by atoms with van der Waals surface area (Å²) in [6.45, 7) is 0.614. The van der Waals surface area contributed by atoms with E-state index in [0.29, 0.717) is 6.54 Å². The van der Waals surface area contributed by atoms with E-state index in [1.54, 1.807) is 0 Å². The molecule has 1 aromatic carbocycles. The molecule has 0 heterocycles. The van der Waals surface area contributed by atoms with Crippen molar-refractivity contribution in [1.82, 2.24) is 5.32 Å². The van der Waals surface area contributed by atoms with E-state index < -0.39 is 5.91 Å². The molecule has 0 atom stereocenters. The van der Waals surface area contributed by atoms with Gasteiger partial charge in [-0.2, -0.15) is 0 Å². The highest BCUT2D eigenvalue weighted by atomic mass is 16.5. The molecular weight excluding hydrogens is 220 g/mol. The summed E-state index contributed by atoms with van der Waals surface area (Å²) in [4.78, 5) is 21.8. The third kappa shape index (κ3) is 4.65. The topological polar surface area (TPSA) is 81.4 Å². The number of carbonyl (C=O) groups is 2. The summed E-state index contributed by atoms with van der Waals surface area (Å²) < 4.78 is 4.62. The predicted octanol–water partition coefficient (Wildman–Crippen LogP) is -0.0230. The number of benzene rings is 1. The molecule has 0 aliphatic rings. The lowest BCUT2D eigenvalue weighted by Crippen LogP contribution is -2.28. The van der Waals surface area contributed by atoms with Crippen LogP contribution in [0.2, 0.25) is 0 Å². The average Bonchev–Trinajstić information content (AvgIpc) is 2.30. The van der Waals surface area contributed by atoms with Crippen LogP contribution in [0.4, 0.5) is 0 Å². The molecule has 0 aromatic heterocycles. The molecule has 0 aliphatic carbocycles. The molecule has 0 spiro atoms. The minimum Gasteiger partial charge on any atom is -0.469 e. The van der Waals surface area contributed by atoms with Crippen LogP contribution in [0.3, 0.4) is 0 Å². The molecule has 1 amide bonds. The number of esters is 1. The molecule has 1 rings (SSSR count). The monoisotopic (exact) mass is 236 g/mol. The lowest BCUT2D eigenvalue weighted by atomic mass is 10.0. The third-order valence-corrected chi connectivity index (χ3v) is 2.30. The van der Waals surface area contributed by atoms with E-state index in [1.807, 2.05) is 24.3 Å². The molecule has 92 valence electrons. The highest BCUT2D eigenvalue weighted by Crippen LogP contribution is 2.09. The molecule has 0 saturated heterocycles. The van der Waals surface area contributed by atoms with Crippen LogP contribution in [0, 0.1) is 0 Å². The molecule has 0 radical (unpaired) electrons. The Balaban J connectivity index is 2.64. The van der Waals surface area contributed by atoms with Crippen molar-refractivity contribution in [3.63, 3.8) is 0 Å². The number of methoxy groups -OCH3 is 1. The second-order valence-electron chi connectivity index (χ2n) is 3.59. The summed E-state index contributed by atoms with van der Waals surface area (Å²) >= 11 is 0. The number of nitrogens with two attached hydrogens (primary N) is 1. The Hall–Kier alpha value is -1.88. The van der Waals surface area contributed by atoms with Gasteiger partial charge in [-0.3, -0.25) is 9.59 Å². The van der Waals surface area contributed by atoms with Gasteiger partial charge in [0.2, 0.25) is 5.91 Å². The van der Waals surface area contributed by atoms with Gasteiger partial charge in [0.1, 0.15) is 0 Å². The van der Waals surface area contributed by atoms with Gasteiger partial charge in [-0.05, 0) is 11.1 Å². The lowest BCUT2D eigenvalue weighted by molar-refractivity contribution is -0.139. The maximum absolute atomic E-state index is 11.2. The van der Waals surface area contributed by atoms with Gasteiger partial charge in [-0.1, -0.05) is 24.3 Å². The van der Waals surface area contributed by atoms with Crippen molar-refractivity contribution in [3.05, 3.63) is 35.4 Å². The fourth-order valence-corrected chi connectivity index (χ4v) is 1.45. The Morgan fingerprint density at radius 3 is 2.53 bits per heavy atom. The molecular formula is C12H16N2O3. The maximum atomic E-state index is 11.2. The first kappa shape index (κ1) is 13.2. The van der Waals surface area contributed by atoms with Crippen LogP contribution in [-0.4, -0.2) is 25.5 Å². The minimum atomic E-state index is -0.407. The highest BCUT2D eigenvalue weighted by Gasteiger charge is 2.07. The molecule has 0 bridgehead atoms. The van der Waals surface area contributed by atoms with Gasteiger partial charge in [0, 0.05) is 6.54 Å². The largest absolute Gasteiger partial charge is 0.469 e. The zero-order chi connectivity index (χ0) is 12.7. The number of nitrogens with one attached hydrogen (secondary N) is 1. The Morgan fingerprint density at radius 1 is 1.29 bits per heavy atom. The van der Waals surface area contributed by atoms with E-state index in [2.05, 4.69) is 10.1 Å². The Morgan fingerprint density at radius 2 is 1.94 bits per heavy atom. The van der Waals surface area contributed by atoms with E-state index in [9.17, 15) is 9.59 Å². The van der Waals surface area contributed by atoms with Crippen LogP contribution in [-0.2, 0) is 27.3 Å². The van der Waals surface area contributed by atoms with Crippen LogP contribution in [0.1, 0.15) is 11.1 Å². The maximum Gasteiger partial charge on any atom is 0.309 e. The van der Waals surface area contributed by atoms with Crippen molar-refractivity contribution in [1.29, 1.82) is 0 Å². The molecule has 0 unspecified atom stereocenters. The number of carbonyl (C=O) groups excluding carboxylic acids is 2. The van der Waals surface area contributed by atoms with E-state index >= 15 is 0 Å². The number of primary amides is 1. The second-order valence-corrected chi connectivity index (χ2v) is 3.59.